The van der Waals surface area contributed by atoms with E-state index >= 15 is 0 Å². The quantitative estimate of drug-likeness (QED) is 0.385. The van der Waals surface area contributed by atoms with Crippen molar-refractivity contribution in [2.24, 2.45) is 0 Å². The van der Waals surface area contributed by atoms with Gasteiger partial charge in [-0.25, -0.2) is 4.98 Å². The molecular formula is C18H19N3O4Si. The minimum Gasteiger partial charge on any atom is -0.490 e. The summed E-state index contributed by atoms with van der Waals surface area (Å²) in [7, 11) is -0.173. The van der Waals surface area contributed by atoms with Gasteiger partial charge >= 0.3 is 5.69 Å². The van der Waals surface area contributed by atoms with Gasteiger partial charge in [0.15, 0.2) is 5.75 Å². The lowest BCUT2D eigenvalue weighted by atomic mass is 10.1. The monoisotopic (exact) mass is 369 g/mol. The first kappa shape index (κ1) is 19.1. The van der Waals surface area contributed by atoms with Gasteiger partial charge in [0.1, 0.15) is 19.5 Å². The van der Waals surface area contributed by atoms with Gasteiger partial charge in [0.2, 0.25) is 0 Å². The Bertz CT molecular complexity index is 893. The maximum atomic E-state index is 12.4. The summed E-state index contributed by atoms with van der Waals surface area (Å²) in [5, 5.41) is 13.8. The molecule has 0 atom stereocenters. The largest absolute Gasteiger partial charge is 0.490 e. The van der Waals surface area contributed by atoms with Crippen molar-refractivity contribution in [1.82, 2.24) is 4.98 Å². The molecule has 0 fully saturated rings. The van der Waals surface area contributed by atoms with Crippen molar-refractivity contribution in [1.29, 1.82) is 0 Å². The highest BCUT2D eigenvalue weighted by Gasteiger charge is 2.25. The van der Waals surface area contributed by atoms with Crippen LogP contribution in [0.1, 0.15) is 15.9 Å². The average Bonchev–Trinajstić information content (AvgIpc) is 2.59. The number of carbonyl (C=O) groups excluding carboxylic acids is 1. The number of nitrogens with one attached hydrogen (secondary N) is 1. The second kappa shape index (κ2) is 7.80. The van der Waals surface area contributed by atoms with E-state index in [9.17, 15) is 14.9 Å². The Morgan fingerprint density at radius 2 is 2.00 bits per heavy atom. The highest BCUT2D eigenvalue weighted by molar-refractivity contribution is 6.83. The van der Waals surface area contributed by atoms with Gasteiger partial charge in [0, 0.05) is 11.8 Å². The molecule has 0 aliphatic rings. The van der Waals surface area contributed by atoms with Crippen molar-refractivity contribution in [2.75, 3.05) is 12.4 Å². The van der Waals surface area contributed by atoms with E-state index < -0.39 is 18.9 Å². The first-order chi connectivity index (χ1) is 12.2. The highest BCUT2D eigenvalue weighted by Crippen LogP contribution is 2.30. The lowest BCUT2D eigenvalue weighted by Gasteiger charge is -2.08. The molecule has 8 heteroatoms. The van der Waals surface area contributed by atoms with Crippen LogP contribution in [0.25, 0.3) is 0 Å². The average molecular weight is 369 g/mol. The molecule has 0 bridgehead atoms. The number of hydrogen-bond acceptors (Lipinski definition) is 5. The molecule has 1 amide bonds. The van der Waals surface area contributed by atoms with E-state index in [2.05, 4.69) is 41.4 Å². The number of ether oxygens (including phenoxy) is 1. The van der Waals surface area contributed by atoms with Crippen molar-refractivity contribution >= 4 is 25.5 Å². The molecule has 2 aromatic rings. The Hall–Kier alpha value is -3.18. The summed E-state index contributed by atoms with van der Waals surface area (Å²) in [6, 6.07) is 7.67. The minimum absolute atomic E-state index is 0.0209. The number of nitrogens with zero attached hydrogens (tertiary/aromatic N) is 2. The molecule has 0 saturated carbocycles. The van der Waals surface area contributed by atoms with Gasteiger partial charge in [0.05, 0.1) is 12.0 Å². The summed E-state index contributed by atoms with van der Waals surface area (Å²) in [6.07, 6.45) is 1.56. The molecule has 7 nitrogen and oxygen atoms in total. The molecule has 1 N–H and O–H groups in total. The number of methoxy groups -OCH3 is 1. The van der Waals surface area contributed by atoms with E-state index in [4.69, 9.17) is 4.74 Å². The molecule has 1 heterocycles. The fraction of sp³-hybridized carbons (Fsp3) is 0.222. The lowest BCUT2D eigenvalue weighted by molar-refractivity contribution is -0.386. The predicted molar refractivity (Wildman–Crippen MR) is 102 cm³/mol. The van der Waals surface area contributed by atoms with Crippen LogP contribution in [0.2, 0.25) is 19.6 Å². The maximum absolute atomic E-state index is 12.4. The molecule has 0 radical (unpaired) electrons. The van der Waals surface area contributed by atoms with Crippen LogP contribution in [0, 0.1) is 21.6 Å². The zero-order valence-electron chi connectivity index (χ0n) is 15.0. The standard InChI is InChI=1S/C18H19N3O4Si/c1-25-15-7-5-6-14(17(15)21(23)24)18(22)20-16-9-8-13(12-19-16)10-11-26(2,3)4/h5-9,12H,1-4H3,(H,19,20,22). The third-order valence-corrected chi connectivity index (χ3v) is 4.11. The number of aromatic nitrogens is 1. The van der Waals surface area contributed by atoms with Crippen molar-refractivity contribution in [3.05, 3.63) is 57.8 Å². The van der Waals surface area contributed by atoms with Crippen LogP contribution in [0.15, 0.2) is 36.5 Å². The van der Waals surface area contributed by atoms with Gasteiger partial charge in [-0.3, -0.25) is 14.9 Å². The fourth-order valence-corrected chi connectivity index (χ4v) is 2.56. The molecule has 0 spiro atoms. The highest BCUT2D eigenvalue weighted by atomic mass is 28.3. The van der Waals surface area contributed by atoms with Gasteiger partial charge in [-0.1, -0.05) is 31.6 Å². The molecule has 0 aliphatic heterocycles. The molecule has 0 saturated heterocycles. The molecular weight excluding hydrogens is 350 g/mol. The van der Waals surface area contributed by atoms with Gasteiger partial charge in [-0.05, 0) is 24.3 Å². The Balaban J connectivity index is 2.23. The Kier molecular flexibility index (Phi) is 5.74. The van der Waals surface area contributed by atoms with E-state index in [-0.39, 0.29) is 22.8 Å². The maximum Gasteiger partial charge on any atom is 0.323 e. The van der Waals surface area contributed by atoms with Crippen molar-refractivity contribution < 1.29 is 14.5 Å². The number of anilines is 1. The van der Waals surface area contributed by atoms with Crippen LogP contribution in [-0.4, -0.2) is 31.0 Å². The molecule has 2 rings (SSSR count). The number of hydrogen-bond donors (Lipinski definition) is 1. The van der Waals surface area contributed by atoms with Gasteiger partial charge in [-0.15, -0.1) is 5.54 Å². The Labute approximate surface area is 152 Å². The third kappa shape index (κ3) is 4.91. The molecule has 1 aromatic carbocycles. The van der Waals surface area contributed by atoms with Gasteiger partial charge < -0.3 is 10.1 Å². The van der Waals surface area contributed by atoms with Crippen LogP contribution < -0.4 is 10.1 Å². The van der Waals surface area contributed by atoms with Crippen LogP contribution >= 0.6 is 0 Å². The summed E-state index contributed by atoms with van der Waals surface area (Å²) in [5.74, 6) is 2.74. The summed E-state index contributed by atoms with van der Waals surface area (Å²) < 4.78 is 4.97. The first-order valence-electron chi connectivity index (χ1n) is 7.83. The summed E-state index contributed by atoms with van der Waals surface area (Å²) in [6.45, 7) is 6.43. The van der Waals surface area contributed by atoms with E-state index in [1.807, 2.05) is 0 Å². The second-order valence-electron chi connectivity index (χ2n) is 6.50. The van der Waals surface area contributed by atoms with Crippen molar-refractivity contribution in [2.45, 2.75) is 19.6 Å². The molecule has 1 aromatic heterocycles. The van der Waals surface area contributed by atoms with Crippen LogP contribution in [0.3, 0.4) is 0 Å². The van der Waals surface area contributed by atoms with E-state index in [1.54, 1.807) is 18.3 Å². The number of carbonyl (C=O) groups is 1. The van der Waals surface area contributed by atoms with Gasteiger partial charge in [0.25, 0.3) is 5.91 Å². The number of pyridine rings is 1. The van der Waals surface area contributed by atoms with Crippen molar-refractivity contribution in [3.63, 3.8) is 0 Å². The summed E-state index contributed by atoms with van der Waals surface area (Å²) >= 11 is 0. The van der Waals surface area contributed by atoms with E-state index in [1.165, 1.54) is 25.3 Å². The third-order valence-electron chi connectivity index (χ3n) is 3.23. The van der Waals surface area contributed by atoms with Crippen LogP contribution in [0.5, 0.6) is 5.75 Å². The molecule has 26 heavy (non-hydrogen) atoms. The Morgan fingerprint density at radius 3 is 2.54 bits per heavy atom. The molecule has 0 aliphatic carbocycles. The smallest absolute Gasteiger partial charge is 0.323 e. The zero-order chi connectivity index (χ0) is 19.3. The molecule has 134 valence electrons. The van der Waals surface area contributed by atoms with Gasteiger partial charge in [-0.2, -0.15) is 0 Å². The number of para-hydroxylation sites is 1. The minimum atomic E-state index is -1.48. The van der Waals surface area contributed by atoms with Crippen LogP contribution in [0.4, 0.5) is 11.5 Å². The first-order valence-corrected chi connectivity index (χ1v) is 11.3. The zero-order valence-corrected chi connectivity index (χ0v) is 16.0. The lowest BCUT2D eigenvalue weighted by Crippen LogP contribution is -2.16. The Morgan fingerprint density at radius 1 is 1.27 bits per heavy atom. The topological polar surface area (TPSA) is 94.4 Å². The second-order valence-corrected chi connectivity index (χ2v) is 11.2. The van der Waals surface area contributed by atoms with E-state index in [0.717, 1.165) is 5.56 Å². The molecule has 0 unspecified atom stereocenters. The SMILES string of the molecule is COc1cccc(C(=O)Nc2ccc(C#C[Si](C)(C)C)cn2)c1[N+](=O)[O-]. The fourth-order valence-electron chi connectivity index (χ4n) is 2.04. The van der Waals surface area contributed by atoms with Crippen molar-refractivity contribution in [3.8, 4) is 17.2 Å². The normalized spacial score (nSPS) is 10.5. The number of nitro benzene ring substituents is 1. The predicted octanol–water partition coefficient (Wildman–Crippen LogP) is 3.48. The summed E-state index contributed by atoms with van der Waals surface area (Å²) in [5.41, 5.74) is 3.49. The number of rotatable bonds is 4. The number of nitro groups is 1. The number of amides is 1. The number of benzene rings is 1. The summed E-state index contributed by atoms with van der Waals surface area (Å²) in [4.78, 5) is 27.2. The van der Waals surface area contributed by atoms with E-state index in [0.29, 0.717) is 0 Å². The van der Waals surface area contributed by atoms with Crippen LogP contribution in [-0.2, 0) is 0 Å².